The van der Waals surface area contributed by atoms with Crippen molar-refractivity contribution in [2.24, 2.45) is 5.92 Å². The first-order chi connectivity index (χ1) is 29.1. The number of hydrogen-bond acceptors (Lipinski definition) is 4. The summed E-state index contributed by atoms with van der Waals surface area (Å²) in [6.07, 6.45) is 13.3. The molecule has 0 spiro atoms. The maximum Gasteiger partial charge on any atom is 0.127 e. The number of hydrogen-bond donors (Lipinski definition) is 0. The standard InChI is InChI=1S/C55H54N2O2/c1-4-6-19-43(5-2)42-59-55-41-40-54(58-3)52(38-32-44-28-34-50(35-29-44)56(46-20-11-7-12-21-46)47-22-13-8-14-23-47)53(55)39-33-45-30-36-51(37-31-45)57(48-24-15-9-16-25-48)49-26-17-10-18-27-49/h7-18,20-41,43H,4-6,19,42H2,1-3H3. The van der Waals surface area contributed by atoms with Crippen molar-refractivity contribution in [3.8, 4) is 11.5 Å². The van der Waals surface area contributed by atoms with E-state index >= 15 is 0 Å². The molecule has 0 saturated carbocycles. The van der Waals surface area contributed by atoms with Crippen LogP contribution in [0.5, 0.6) is 11.5 Å². The number of ether oxygens (including phenoxy) is 2. The van der Waals surface area contributed by atoms with Gasteiger partial charge in [0.2, 0.25) is 0 Å². The first kappa shape index (κ1) is 40.4. The second kappa shape index (κ2) is 20.6. The molecule has 0 N–H and O–H groups in total. The molecule has 59 heavy (non-hydrogen) atoms. The molecule has 7 rings (SSSR count). The number of benzene rings is 7. The first-order valence-corrected chi connectivity index (χ1v) is 20.9. The number of nitrogens with zero attached hydrogens (tertiary/aromatic N) is 2. The Kier molecular flexibility index (Phi) is 14.1. The summed E-state index contributed by atoms with van der Waals surface area (Å²) >= 11 is 0. The number of methoxy groups -OCH3 is 1. The van der Waals surface area contributed by atoms with Gasteiger partial charge in [0.05, 0.1) is 13.7 Å². The van der Waals surface area contributed by atoms with E-state index in [-0.39, 0.29) is 0 Å². The van der Waals surface area contributed by atoms with Crippen LogP contribution in [0.2, 0.25) is 0 Å². The number of rotatable bonds is 18. The summed E-state index contributed by atoms with van der Waals surface area (Å²) in [6, 6.07) is 63.5. The Morgan fingerprint density at radius 2 is 0.814 bits per heavy atom. The van der Waals surface area contributed by atoms with E-state index in [4.69, 9.17) is 9.47 Å². The molecule has 0 amide bonds. The average Bonchev–Trinajstić information content (AvgIpc) is 3.30. The zero-order valence-electron chi connectivity index (χ0n) is 34.5. The van der Waals surface area contributed by atoms with E-state index in [9.17, 15) is 0 Å². The molecular weight excluding hydrogens is 721 g/mol. The largest absolute Gasteiger partial charge is 0.496 e. The lowest BCUT2D eigenvalue weighted by Crippen LogP contribution is -2.12. The molecule has 0 fully saturated rings. The fourth-order valence-corrected chi connectivity index (χ4v) is 7.38. The lowest BCUT2D eigenvalue weighted by molar-refractivity contribution is 0.232. The van der Waals surface area contributed by atoms with Crippen LogP contribution in [0.1, 0.15) is 61.8 Å². The Hall–Kier alpha value is -6.78. The molecule has 7 aromatic rings. The Morgan fingerprint density at radius 3 is 1.19 bits per heavy atom. The van der Waals surface area contributed by atoms with Crippen LogP contribution in [0.3, 0.4) is 0 Å². The van der Waals surface area contributed by atoms with E-state index < -0.39 is 0 Å². The van der Waals surface area contributed by atoms with Gasteiger partial charge in [-0.05, 0) is 121 Å². The van der Waals surface area contributed by atoms with Gasteiger partial charge < -0.3 is 19.3 Å². The summed E-state index contributed by atoms with van der Waals surface area (Å²) in [6.45, 7) is 5.19. The van der Waals surface area contributed by atoms with Gasteiger partial charge in [0.15, 0.2) is 0 Å². The molecule has 7 aromatic carbocycles. The van der Waals surface area contributed by atoms with E-state index in [1.165, 1.54) is 19.3 Å². The number of unbranched alkanes of at least 4 members (excludes halogenated alkanes) is 1. The summed E-state index contributed by atoms with van der Waals surface area (Å²) < 4.78 is 12.7. The zero-order valence-corrected chi connectivity index (χ0v) is 34.5. The van der Waals surface area contributed by atoms with Crippen molar-refractivity contribution in [3.05, 3.63) is 204 Å². The second-order valence-corrected chi connectivity index (χ2v) is 14.7. The Morgan fingerprint density at radius 1 is 0.441 bits per heavy atom. The van der Waals surface area contributed by atoms with Crippen LogP contribution < -0.4 is 19.3 Å². The Bertz CT molecular complexity index is 2300. The quantitative estimate of drug-likeness (QED) is 0.0811. The van der Waals surface area contributed by atoms with Gasteiger partial charge in [0.1, 0.15) is 11.5 Å². The third-order valence-electron chi connectivity index (χ3n) is 10.7. The molecule has 0 aliphatic carbocycles. The maximum atomic E-state index is 6.69. The number of anilines is 6. The highest BCUT2D eigenvalue weighted by Crippen LogP contribution is 2.38. The molecule has 0 aromatic heterocycles. The predicted molar refractivity (Wildman–Crippen MR) is 252 cm³/mol. The third-order valence-corrected chi connectivity index (χ3v) is 10.7. The summed E-state index contributed by atoms with van der Waals surface area (Å²) in [7, 11) is 1.74. The van der Waals surface area contributed by atoms with Crippen molar-refractivity contribution in [2.45, 2.75) is 39.5 Å². The summed E-state index contributed by atoms with van der Waals surface area (Å²) in [5.74, 6) is 2.14. The highest BCUT2D eigenvalue weighted by molar-refractivity contribution is 5.86. The molecule has 0 heterocycles. The van der Waals surface area contributed by atoms with Crippen molar-refractivity contribution < 1.29 is 9.47 Å². The van der Waals surface area contributed by atoms with Crippen LogP contribution >= 0.6 is 0 Å². The van der Waals surface area contributed by atoms with Gasteiger partial charge in [0.25, 0.3) is 0 Å². The molecule has 4 nitrogen and oxygen atoms in total. The fraction of sp³-hybridized carbons (Fsp3) is 0.164. The van der Waals surface area contributed by atoms with E-state index in [1.54, 1.807) is 7.11 Å². The van der Waals surface area contributed by atoms with Gasteiger partial charge in [-0.3, -0.25) is 0 Å². The van der Waals surface area contributed by atoms with Gasteiger partial charge in [-0.2, -0.15) is 0 Å². The highest BCUT2D eigenvalue weighted by atomic mass is 16.5. The second-order valence-electron chi connectivity index (χ2n) is 14.7. The molecule has 0 radical (unpaired) electrons. The Labute approximate surface area is 351 Å². The van der Waals surface area contributed by atoms with Crippen LogP contribution in [-0.4, -0.2) is 13.7 Å². The van der Waals surface area contributed by atoms with Gasteiger partial charge in [-0.1, -0.05) is 142 Å². The van der Waals surface area contributed by atoms with Crippen molar-refractivity contribution in [2.75, 3.05) is 23.5 Å². The highest BCUT2D eigenvalue weighted by Gasteiger charge is 2.16. The minimum Gasteiger partial charge on any atom is -0.496 e. The van der Waals surface area contributed by atoms with E-state index in [1.807, 2.05) is 6.07 Å². The molecule has 4 heteroatoms. The monoisotopic (exact) mass is 774 g/mol. The van der Waals surface area contributed by atoms with Crippen molar-refractivity contribution >= 4 is 58.4 Å². The number of para-hydroxylation sites is 4. The van der Waals surface area contributed by atoms with Gasteiger partial charge in [0, 0.05) is 45.3 Å². The molecule has 296 valence electrons. The predicted octanol–water partition coefficient (Wildman–Crippen LogP) is 15.6. The molecular formula is C55H54N2O2. The third kappa shape index (κ3) is 10.4. The molecule has 1 unspecified atom stereocenters. The van der Waals surface area contributed by atoms with Crippen LogP contribution in [0.15, 0.2) is 182 Å². The van der Waals surface area contributed by atoms with Crippen LogP contribution in [-0.2, 0) is 0 Å². The summed E-state index contributed by atoms with van der Waals surface area (Å²) in [5.41, 5.74) is 10.8. The zero-order chi connectivity index (χ0) is 40.7. The van der Waals surface area contributed by atoms with Crippen LogP contribution in [0, 0.1) is 5.92 Å². The Balaban J connectivity index is 1.21. The maximum absolute atomic E-state index is 6.69. The van der Waals surface area contributed by atoms with E-state index in [2.05, 4.69) is 224 Å². The van der Waals surface area contributed by atoms with E-state index in [0.29, 0.717) is 12.5 Å². The smallest absolute Gasteiger partial charge is 0.127 e. The average molecular weight is 775 g/mol. The van der Waals surface area contributed by atoms with Gasteiger partial charge in [-0.15, -0.1) is 0 Å². The molecule has 0 saturated heterocycles. The molecule has 0 bridgehead atoms. The van der Waals surface area contributed by atoms with Crippen molar-refractivity contribution in [1.29, 1.82) is 0 Å². The molecule has 0 aliphatic heterocycles. The lowest BCUT2D eigenvalue weighted by atomic mass is 9.99. The minimum absolute atomic E-state index is 0.502. The normalized spacial score (nSPS) is 11.8. The lowest BCUT2D eigenvalue weighted by Gasteiger charge is -2.25. The van der Waals surface area contributed by atoms with Gasteiger partial charge >= 0.3 is 0 Å². The van der Waals surface area contributed by atoms with Crippen LogP contribution in [0.4, 0.5) is 34.1 Å². The van der Waals surface area contributed by atoms with Crippen molar-refractivity contribution in [3.63, 3.8) is 0 Å². The minimum atomic E-state index is 0.502. The van der Waals surface area contributed by atoms with E-state index in [0.717, 1.165) is 74.3 Å². The summed E-state index contributed by atoms with van der Waals surface area (Å²) in [5, 5.41) is 0. The first-order valence-electron chi connectivity index (χ1n) is 20.9. The topological polar surface area (TPSA) is 24.9 Å². The fourth-order valence-electron chi connectivity index (χ4n) is 7.38. The molecule has 0 aliphatic rings. The molecule has 1 atom stereocenters. The summed E-state index contributed by atoms with van der Waals surface area (Å²) in [4.78, 5) is 4.55. The SMILES string of the molecule is CCCCC(CC)COc1ccc(OC)c(C=Cc2ccc(N(c3ccccc3)c3ccccc3)cc2)c1C=Cc1ccc(N(c2ccccc2)c2ccccc2)cc1. The van der Waals surface area contributed by atoms with Crippen LogP contribution in [0.25, 0.3) is 24.3 Å². The van der Waals surface area contributed by atoms with Gasteiger partial charge in [-0.25, -0.2) is 0 Å². The van der Waals surface area contributed by atoms with Crippen molar-refractivity contribution in [1.82, 2.24) is 0 Å².